The van der Waals surface area contributed by atoms with Crippen molar-refractivity contribution >= 4 is 29.1 Å². The zero-order valence-corrected chi connectivity index (χ0v) is 14.7. The first-order valence-electron chi connectivity index (χ1n) is 8.61. The summed E-state index contributed by atoms with van der Waals surface area (Å²) in [6.45, 7) is 2.85. The third-order valence-electron chi connectivity index (χ3n) is 4.34. The first-order chi connectivity index (χ1) is 13.1. The fraction of sp³-hybridized carbons (Fsp3) is 0.263. The Kier molecular flexibility index (Phi) is 4.45. The van der Waals surface area contributed by atoms with Gasteiger partial charge in [-0.2, -0.15) is 0 Å². The molecule has 0 radical (unpaired) electrons. The largest absolute Gasteiger partial charge is 0.454 e. The summed E-state index contributed by atoms with van der Waals surface area (Å²) in [4.78, 5) is 25.7. The lowest BCUT2D eigenvalue weighted by molar-refractivity contribution is -0.116. The monoisotopic (exact) mass is 369 g/mol. The first kappa shape index (κ1) is 17.0. The minimum Gasteiger partial charge on any atom is -0.454 e. The summed E-state index contributed by atoms with van der Waals surface area (Å²) in [5.74, 6) is 1.08. The van der Waals surface area contributed by atoms with Gasteiger partial charge >= 0.3 is 6.09 Å². The fourth-order valence-corrected chi connectivity index (χ4v) is 2.93. The van der Waals surface area contributed by atoms with Gasteiger partial charge in [-0.05, 0) is 37.3 Å². The highest BCUT2D eigenvalue weighted by Gasteiger charge is 2.24. The lowest BCUT2D eigenvalue weighted by Crippen LogP contribution is -2.32. The van der Waals surface area contributed by atoms with Crippen LogP contribution in [0, 0.1) is 0 Å². The van der Waals surface area contributed by atoms with E-state index in [2.05, 4.69) is 10.6 Å². The minimum absolute atomic E-state index is 0.186. The lowest BCUT2D eigenvalue weighted by atomic mass is 10.2. The molecule has 0 bridgehead atoms. The molecular formula is C19H19N3O5. The maximum atomic E-state index is 12.5. The average molecular weight is 369 g/mol. The SMILES string of the molecule is C[C@H](Nc1cccc(N2CCOC2=O)c1)C(=O)Nc1ccc2c(c1)OCO2. The molecule has 0 saturated carbocycles. The fourth-order valence-electron chi connectivity index (χ4n) is 2.93. The average Bonchev–Trinajstić information content (AvgIpc) is 3.30. The lowest BCUT2D eigenvalue weighted by Gasteiger charge is -2.18. The van der Waals surface area contributed by atoms with Crippen LogP contribution < -0.4 is 25.0 Å². The van der Waals surface area contributed by atoms with Crippen molar-refractivity contribution in [1.82, 2.24) is 0 Å². The normalized spacial score (nSPS) is 16.0. The molecule has 8 nitrogen and oxygen atoms in total. The van der Waals surface area contributed by atoms with Crippen LogP contribution in [-0.2, 0) is 9.53 Å². The summed E-state index contributed by atoms with van der Waals surface area (Å²) in [6, 6.07) is 12.1. The highest BCUT2D eigenvalue weighted by molar-refractivity contribution is 5.97. The molecule has 2 amide bonds. The molecule has 2 aromatic carbocycles. The van der Waals surface area contributed by atoms with Gasteiger partial charge < -0.3 is 24.8 Å². The van der Waals surface area contributed by atoms with Gasteiger partial charge in [0.05, 0.1) is 6.54 Å². The predicted molar refractivity (Wildman–Crippen MR) is 99.4 cm³/mol. The second kappa shape index (κ2) is 7.06. The maximum absolute atomic E-state index is 12.5. The molecule has 2 aromatic rings. The highest BCUT2D eigenvalue weighted by atomic mass is 16.7. The van der Waals surface area contributed by atoms with E-state index in [-0.39, 0.29) is 18.8 Å². The number of carbonyl (C=O) groups is 2. The highest BCUT2D eigenvalue weighted by Crippen LogP contribution is 2.34. The van der Waals surface area contributed by atoms with Crippen LogP contribution >= 0.6 is 0 Å². The number of cyclic esters (lactones) is 1. The Balaban J connectivity index is 1.40. The van der Waals surface area contributed by atoms with Crippen LogP contribution in [0.2, 0.25) is 0 Å². The molecule has 2 aliphatic heterocycles. The van der Waals surface area contributed by atoms with Crippen LogP contribution in [0.1, 0.15) is 6.92 Å². The Morgan fingerprint density at radius 1 is 1.07 bits per heavy atom. The summed E-state index contributed by atoms with van der Waals surface area (Å²) in [5.41, 5.74) is 2.10. The Bertz CT molecular complexity index is 885. The van der Waals surface area contributed by atoms with E-state index in [1.165, 1.54) is 0 Å². The zero-order valence-electron chi connectivity index (χ0n) is 14.7. The molecule has 2 aliphatic rings. The van der Waals surface area contributed by atoms with Crippen molar-refractivity contribution in [3.63, 3.8) is 0 Å². The number of anilines is 3. The van der Waals surface area contributed by atoms with Crippen molar-refractivity contribution in [2.24, 2.45) is 0 Å². The van der Waals surface area contributed by atoms with E-state index in [0.717, 1.165) is 11.4 Å². The Morgan fingerprint density at radius 2 is 1.93 bits per heavy atom. The molecule has 1 saturated heterocycles. The number of amides is 2. The molecule has 0 aromatic heterocycles. The third kappa shape index (κ3) is 3.59. The van der Waals surface area contributed by atoms with Gasteiger partial charge in [-0.3, -0.25) is 9.69 Å². The molecule has 0 unspecified atom stereocenters. The van der Waals surface area contributed by atoms with E-state index < -0.39 is 6.04 Å². The van der Waals surface area contributed by atoms with Gasteiger partial charge in [0.1, 0.15) is 12.6 Å². The van der Waals surface area contributed by atoms with Crippen LogP contribution in [0.25, 0.3) is 0 Å². The Labute approximate surface area is 156 Å². The summed E-state index contributed by atoms with van der Waals surface area (Å²) in [6.07, 6.45) is -0.360. The van der Waals surface area contributed by atoms with Crippen LogP contribution in [0.3, 0.4) is 0 Å². The Hall–Kier alpha value is -3.42. The van der Waals surface area contributed by atoms with E-state index in [4.69, 9.17) is 14.2 Å². The molecule has 2 N–H and O–H groups in total. The number of carbonyl (C=O) groups excluding carboxylic acids is 2. The number of fused-ring (bicyclic) bond motifs is 1. The number of nitrogens with one attached hydrogen (secondary N) is 2. The molecule has 1 fully saturated rings. The van der Waals surface area contributed by atoms with Crippen LogP contribution in [0.4, 0.5) is 21.9 Å². The summed E-state index contributed by atoms with van der Waals surface area (Å²) in [5, 5.41) is 5.99. The summed E-state index contributed by atoms with van der Waals surface area (Å²) < 4.78 is 15.5. The number of ether oxygens (including phenoxy) is 3. The molecule has 4 rings (SSSR count). The molecule has 1 atom stereocenters. The van der Waals surface area contributed by atoms with Crippen molar-refractivity contribution in [2.45, 2.75) is 13.0 Å². The standard InChI is InChI=1S/C19H19N3O5/c1-12(18(23)21-14-5-6-16-17(10-14)27-11-26-16)20-13-3-2-4-15(9-13)22-7-8-25-19(22)24/h2-6,9-10,12,20H,7-8,11H2,1H3,(H,21,23)/t12-/m0/s1. The number of nitrogens with zero attached hydrogens (tertiary/aromatic N) is 1. The third-order valence-corrected chi connectivity index (χ3v) is 4.34. The Morgan fingerprint density at radius 3 is 2.74 bits per heavy atom. The van der Waals surface area contributed by atoms with Crippen LogP contribution in [0.5, 0.6) is 11.5 Å². The van der Waals surface area contributed by atoms with E-state index in [1.54, 1.807) is 30.0 Å². The number of benzene rings is 2. The van der Waals surface area contributed by atoms with Crippen molar-refractivity contribution in [1.29, 1.82) is 0 Å². The van der Waals surface area contributed by atoms with Crippen LogP contribution in [0.15, 0.2) is 42.5 Å². The van der Waals surface area contributed by atoms with Crippen molar-refractivity contribution in [3.05, 3.63) is 42.5 Å². The van der Waals surface area contributed by atoms with Gasteiger partial charge in [-0.15, -0.1) is 0 Å². The number of hydrogen-bond acceptors (Lipinski definition) is 6. The number of rotatable bonds is 5. The topological polar surface area (TPSA) is 89.1 Å². The summed E-state index contributed by atoms with van der Waals surface area (Å²) >= 11 is 0. The molecule has 2 heterocycles. The smallest absolute Gasteiger partial charge is 0.414 e. The van der Waals surface area contributed by atoms with Crippen molar-refractivity contribution < 1.29 is 23.8 Å². The molecule has 0 aliphatic carbocycles. The van der Waals surface area contributed by atoms with Gasteiger partial charge in [0.15, 0.2) is 11.5 Å². The van der Waals surface area contributed by atoms with E-state index in [9.17, 15) is 9.59 Å². The van der Waals surface area contributed by atoms with Gasteiger partial charge in [0, 0.05) is 23.1 Å². The van der Waals surface area contributed by atoms with E-state index in [0.29, 0.717) is 30.3 Å². The van der Waals surface area contributed by atoms with E-state index in [1.807, 2.05) is 24.3 Å². The second-order valence-electron chi connectivity index (χ2n) is 6.24. The van der Waals surface area contributed by atoms with Gasteiger partial charge in [0.2, 0.25) is 12.7 Å². The van der Waals surface area contributed by atoms with Crippen LogP contribution in [-0.4, -0.2) is 38.0 Å². The van der Waals surface area contributed by atoms with Crippen molar-refractivity contribution in [2.75, 3.05) is 35.5 Å². The second-order valence-corrected chi connectivity index (χ2v) is 6.24. The quantitative estimate of drug-likeness (QED) is 0.842. The van der Waals surface area contributed by atoms with E-state index >= 15 is 0 Å². The molecule has 140 valence electrons. The zero-order chi connectivity index (χ0) is 18.8. The first-order valence-corrected chi connectivity index (χ1v) is 8.61. The van der Waals surface area contributed by atoms with Crippen molar-refractivity contribution in [3.8, 4) is 11.5 Å². The predicted octanol–water partition coefficient (Wildman–Crippen LogP) is 2.81. The van der Waals surface area contributed by atoms with Gasteiger partial charge in [-0.1, -0.05) is 6.07 Å². The maximum Gasteiger partial charge on any atom is 0.414 e. The molecular weight excluding hydrogens is 350 g/mol. The molecule has 0 spiro atoms. The minimum atomic E-state index is -0.490. The molecule has 27 heavy (non-hydrogen) atoms. The van der Waals surface area contributed by atoms with Gasteiger partial charge in [-0.25, -0.2) is 4.79 Å². The van der Waals surface area contributed by atoms with Gasteiger partial charge in [0.25, 0.3) is 0 Å². The summed E-state index contributed by atoms with van der Waals surface area (Å²) in [7, 11) is 0. The number of hydrogen-bond donors (Lipinski definition) is 2. The molecule has 8 heteroatoms.